The van der Waals surface area contributed by atoms with Crippen LogP contribution in [0.1, 0.15) is 5.56 Å². The summed E-state index contributed by atoms with van der Waals surface area (Å²) in [5.74, 6) is 0. The van der Waals surface area contributed by atoms with Crippen LogP contribution < -0.4 is 10.6 Å². The summed E-state index contributed by atoms with van der Waals surface area (Å²) in [7, 11) is 0. The number of anilines is 3. The van der Waals surface area contributed by atoms with Crippen molar-refractivity contribution in [2.24, 2.45) is 0 Å². The first kappa shape index (κ1) is 16.2. The molecule has 29 heavy (non-hydrogen) atoms. The average molecular weight is 372 g/mol. The van der Waals surface area contributed by atoms with Gasteiger partial charge in [0.25, 0.3) is 0 Å². The second kappa shape index (κ2) is 6.11. The molecule has 5 aromatic rings. The Morgan fingerprint density at radius 1 is 0.621 bits per heavy atom. The van der Waals surface area contributed by atoms with Gasteiger partial charge in [0.05, 0.1) is 5.69 Å². The van der Waals surface area contributed by atoms with Gasteiger partial charge in [0, 0.05) is 34.4 Å². The first-order chi connectivity index (χ1) is 14.3. The van der Waals surface area contributed by atoms with Crippen molar-refractivity contribution < 1.29 is 0 Å². The first-order valence-electron chi connectivity index (χ1n) is 9.96. The van der Waals surface area contributed by atoms with Crippen molar-refractivity contribution in [1.29, 1.82) is 0 Å². The summed E-state index contributed by atoms with van der Waals surface area (Å²) in [5.41, 5.74) is 13.6. The summed E-state index contributed by atoms with van der Waals surface area (Å²) in [5, 5.41) is 4.97. The highest BCUT2D eigenvalue weighted by atomic mass is 15.2. The Labute approximate surface area is 169 Å². The number of benzene rings is 5. The van der Waals surface area contributed by atoms with Crippen molar-refractivity contribution in [3.8, 4) is 11.1 Å². The fourth-order valence-electron chi connectivity index (χ4n) is 4.71. The number of nitrogens with two attached hydrogens (primary N) is 1. The van der Waals surface area contributed by atoms with Crippen LogP contribution in [-0.4, -0.2) is 0 Å². The van der Waals surface area contributed by atoms with Gasteiger partial charge < -0.3 is 10.6 Å². The van der Waals surface area contributed by atoms with Crippen LogP contribution in [0.15, 0.2) is 97.1 Å². The van der Waals surface area contributed by atoms with E-state index in [-0.39, 0.29) is 0 Å². The molecular formula is C27H20N2. The zero-order valence-electron chi connectivity index (χ0n) is 16.0. The molecule has 0 spiro atoms. The molecule has 2 heteroatoms. The number of hydrogen-bond donors (Lipinski definition) is 1. The smallest absolute Gasteiger partial charge is 0.0577 e. The van der Waals surface area contributed by atoms with E-state index in [4.69, 9.17) is 5.73 Å². The van der Waals surface area contributed by atoms with Crippen LogP contribution in [0.25, 0.3) is 32.7 Å². The van der Waals surface area contributed by atoms with Gasteiger partial charge in [-0.1, -0.05) is 72.8 Å². The fraction of sp³-hybridized carbons (Fsp3) is 0.0370. The Bertz CT molecular complexity index is 1390. The molecule has 0 unspecified atom stereocenters. The molecular weight excluding hydrogens is 352 g/mol. The zero-order chi connectivity index (χ0) is 19.4. The number of nitrogens with zero attached hydrogens (tertiary/aromatic N) is 1. The van der Waals surface area contributed by atoms with Gasteiger partial charge in [0.15, 0.2) is 0 Å². The third kappa shape index (κ3) is 2.36. The first-order valence-corrected chi connectivity index (χ1v) is 9.96. The summed E-state index contributed by atoms with van der Waals surface area (Å²) in [4.78, 5) is 2.42. The molecule has 0 saturated heterocycles. The maximum atomic E-state index is 6.59. The summed E-state index contributed by atoms with van der Waals surface area (Å²) in [6.45, 7) is 0.853. The molecule has 2 N–H and O–H groups in total. The van der Waals surface area contributed by atoms with Gasteiger partial charge in [-0.05, 0) is 46.0 Å². The lowest BCUT2D eigenvalue weighted by molar-refractivity contribution is 1.03. The molecule has 0 fully saturated rings. The van der Waals surface area contributed by atoms with Gasteiger partial charge >= 0.3 is 0 Å². The summed E-state index contributed by atoms with van der Waals surface area (Å²) >= 11 is 0. The number of hydrogen-bond acceptors (Lipinski definition) is 2. The van der Waals surface area contributed by atoms with Crippen LogP contribution in [0, 0.1) is 0 Å². The molecule has 138 valence electrons. The quantitative estimate of drug-likeness (QED) is 0.342. The highest BCUT2D eigenvalue weighted by Crippen LogP contribution is 2.51. The van der Waals surface area contributed by atoms with Gasteiger partial charge in [-0.15, -0.1) is 0 Å². The molecule has 0 amide bonds. The largest absolute Gasteiger partial charge is 0.398 e. The van der Waals surface area contributed by atoms with Crippen LogP contribution in [0.5, 0.6) is 0 Å². The molecule has 2 bridgehead atoms. The summed E-state index contributed by atoms with van der Waals surface area (Å²) in [6, 6.07) is 34.3. The highest BCUT2D eigenvalue weighted by molar-refractivity contribution is 6.14. The summed E-state index contributed by atoms with van der Waals surface area (Å²) in [6.07, 6.45) is 0. The van der Waals surface area contributed by atoms with E-state index in [1.807, 2.05) is 6.07 Å². The predicted octanol–water partition coefficient (Wildman–Crippen LogP) is 6.89. The summed E-state index contributed by atoms with van der Waals surface area (Å²) < 4.78 is 0. The van der Waals surface area contributed by atoms with Crippen LogP contribution in [-0.2, 0) is 6.54 Å². The van der Waals surface area contributed by atoms with E-state index in [1.165, 1.54) is 44.0 Å². The normalized spacial score (nSPS) is 12.8. The molecule has 1 aliphatic rings. The maximum Gasteiger partial charge on any atom is 0.0577 e. The van der Waals surface area contributed by atoms with E-state index < -0.39 is 0 Å². The minimum absolute atomic E-state index is 0.830. The van der Waals surface area contributed by atoms with Crippen molar-refractivity contribution >= 4 is 38.6 Å². The van der Waals surface area contributed by atoms with E-state index in [1.54, 1.807) is 0 Å². The van der Waals surface area contributed by atoms with Gasteiger partial charge in [-0.2, -0.15) is 0 Å². The molecule has 0 radical (unpaired) electrons. The third-order valence-corrected chi connectivity index (χ3v) is 5.98. The lowest BCUT2D eigenvalue weighted by Crippen LogP contribution is -2.10. The van der Waals surface area contributed by atoms with Gasteiger partial charge in [0.1, 0.15) is 0 Å². The molecule has 0 aliphatic carbocycles. The lowest BCUT2D eigenvalue weighted by atomic mass is 9.91. The minimum atomic E-state index is 0.830. The Morgan fingerprint density at radius 3 is 2.14 bits per heavy atom. The molecule has 5 aromatic carbocycles. The van der Waals surface area contributed by atoms with Crippen LogP contribution >= 0.6 is 0 Å². The molecule has 0 saturated carbocycles. The second-order valence-corrected chi connectivity index (χ2v) is 7.65. The molecule has 0 aromatic heterocycles. The van der Waals surface area contributed by atoms with Gasteiger partial charge in [0.2, 0.25) is 0 Å². The van der Waals surface area contributed by atoms with Crippen molar-refractivity contribution in [1.82, 2.24) is 0 Å². The lowest BCUT2D eigenvalue weighted by Gasteiger charge is -2.21. The van der Waals surface area contributed by atoms with Crippen LogP contribution in [0.3, 0.4) is 0 Å². The maximum absolute atomic E-state index is 6.59. The van der Waals surface area contributed by atoms with Gasteiger partial charge in [-0.3, -0.25) is 0 Å². The van der Waals surface area contributed by atoms with Crippen molar-refractivity contribution in [3.05, 3.63) is 103 Å². The third-order valence-electron chi connectivity index (χ3n) is 5.98. The number of fused-ring (bicyclic) bond motifs is 5. The topological polar surface area (TPSA) is 29.3 Å². The Balaban J connectivity index is 1.74. The molecule has 2 nitrogen and oxygen atoms in total. The second-order valence-electron chi connectivity index (χ2n) is 7.65. The monoisotopic (exact) mass is 372 g/mol. The molecule has 1 heterocycles. The Hall–Kier alpha value is -3.78. The van der Waals surface area contributed by atoms with E-state index in [9.17, 15) is 0 Å². The zero-order valence-corrected chi connectivity index (χ0v) is 16.0. The van der Waals surface area contributed by atoms with E-state index in [2.05, 4.69) is 95.9 Å². The van der Waals surface area contributed by atoms with E-state index >= 15 is 0 Å². The Kier molecular flexibility index (Phi) is 3.41. The van der Waals surface area contributed by atoms with Crippen molar-refractivity contribution in [3.63, 3.8) is 0 Å². The number of para-hydroxylation sites is 1. The average Bonchev–Trinajstić information content (AvgIpc) is 3.04. The highest BCUT2D eigenvalue weighted by Gasteiger charge is 2.29. The van der Waals surface area contributed by atoms with Crippen molar-refractivity contribution in [2.75, 3.05) is 10.6 Å². The van der Waals surface area contributed by atoms with E-state index in [0.29, 0.717) is 0 Å². The number of rotatable bonds is 2. The van der Waals surface area contributed by atoms with Crippen molar-refractivity contribution in [2.45, 2.75) is 6.54 Å². The van der Waals surface area contributed by atoms with Crippen LogP contribution in [0.2, 0.25) is 0 Å². The fourth-order valence-corrected chi connectivity index (χ4v) is 4.71. The molecule has 0 atom stereocenters. The molecule has 6 rings (SSSR count). The van der Waals surface area contributed by atoms with Crippen LogP contribution in [0.4, 0.5) is 17.1 Å². The minimum Gasteiger partial charge on any atom is -0.398 e. The standard InChI is InChI=1S/C27H20N2/c28-24-15-14-18-8-4-6-12-22(18)26(24)25-20-16-19-9-5-7-13-23(19)27(25)29(17-20)21-10-2-1-3-11-21/h1-16H,17,28H2. The van der Waals surface area contributed by atoms with Gasteiger partial charge in [-0.25, -0.2) is 0 Å². The molecule has 1 aliphatic heterocycles. The predicted molar refractivity (Wildman–Crippen MR) is 124 cm³/mol. The Morgan fingerprint density at radius 2 is 1.31 bits per heavy atom. The van der Waals surface area contributed by atoms with E-state index in [0.717, 1.165) is 17.8 Å². The SMILES string of the molecule is Nc1ccc2ccccc2c1-c1c2cc3ccccc3c1N(c1ccccc1)C2. The number of nitrogen functional groups attached to an aromatic ring is 1.